The molecule has 4 nitrogen and oxygen atoms in total. The molecule has 2 amide bonds. The largest absolute Gasteiger partial charge is 0.366 e. The van der Waals surface area contributed by atoms with E-state index in [9.17, 15) is 9.59 Å². The molecule has 0 aliphatic heterocycles. The molecule has 0 aliphatic carbocycles. The molecule has 0 atom stereocenters. The van der Waals surface area contributed by atoms with Crippen LogP contribution in [0, 0.1) is 0 Å². The normalized spacial score (nSPS) is 10.6. The van der Waals surface area contributed by atoms with Gasteiger partial charge in [-0.3, -0.25) is 9.59 Å². The van der Waals surface area contributed by atoms with Gasteiger partial charge in [-0.2, -0.15) is 0 Å². The van der Waals surface area contributed by atoms with Crippen LogP contribution in [0.1, 0.15) is 31.8 Å². The molecule has 4 N–H and O–H groups in total. The van der Waals surface area contributed by atoms with Crippen LogP contribution in [0.15, 0.2) is 97.1 Å². The summed E-state index contributed by atoms with van der Waals surface area (Å²) in [4.78, 5) is 23.4. The number of carbonyl (C=O) groups excluding carboxylic acids is 2. The fourth-order valence-corrected chi connectivity index (χ4v) is 3.74. The Kier molecular flexibility index (Phi) is 5.63. The van der Waals surface area contributed by atoms with Crippen LogP contribution >= 0.6 is 0 Å². The Morgan fingerprint density at radius 2 is 0.871 bits per heavy atom. The Balaban J connectivity index is 1.53. The Labute approximate surface area is 181 Å². The number of benzene rings is 4. The standard InChI is InChI=1S/C27H22N2O2/c28-26(30)24-7-3-1-5-22(24)20-13-9-18(10-14-20)17-19-11-15-21(16-12-19)23-6-2-4-8-25(23)27(29)31/h1-16H,17H2,(H2,28,30)(H2,29,31). The highest BCUT2D eigenvalue weighted by molar-refractivity contribution is 6.00. The van der Waals surface area contributed by atoms with E-state index in [1.54, 1.807) is 12.1 Å². The van der Waals surface area contributed by atoms with Crippen LogP contribution in [0.3, 0.4) is 0 Å². The van der Waals surface area contributed by atoms with Crippen molar-refractivity contribution in [3.05, 3.63) is 119 Å². The summed E-state index contributed by atoms with van der Waals surface area (Å²) >= 11 is 0. The van der Waals surface area contributed by atoms with E-state index < -0.39 is 11.8 Å². The SMILES string of the molecule is NC(=O)c1ccccc1-c1ccc(Cc2ccc(-c3ccccc3C(N)=O)cc2)cc1. The highest BCUT2D eigenvalue weighted by Crippen LogP contribution is 2.26. The first-order valence-electron chi connectivity index (χ1n) is 9.99. The van der Waals surface area contributed by atoms with Crippen molar-refractivity contribution in [2.75, 3.05) is 0 Å². The molecule has 0 aromatic heterocycles. The van der Waals surface area contributed by atoms with Gasteiger partial charge in [-0.15, -0.1) is 0 Å². The fourth-order valence-electron chi connectivity index (χ4n) is 3.74. The van der Waals surface area contributed by atoms with Gasteiger partial charge >= 0.3 is 0 Å². The molecule has 0 saturated carbocycles. The first-order chi connectivity index (χ1) is 15.0. The van der Waals surface area contributed by atoms with Crippen molar-refractivity contribution in [2.24, 2.45) is 11.5 Å². The van der Waals surface area contributed by atoms with Gasteiger partial charge in [0.2, 0.25) is 11.8 Å². The van der Waals surface area contributed by atoms with Crippen molar-refractivity contribution in [3.8, 4) is 22.3 Å². The second kappa shape index (κ2) is 8.67. The van der Waals surface area contributed by atoms with Crippen molar-refractivity contribution in [2.45, 2.75) is 6.42 Å². The molecule has 4 rings (SSSR count). The van der Waals surface area contributed by atoms with E-state index in [4.69, 9.17) is 11.5 Å². The van der Waals surface area contributed by atoms with Crippen LogP contribution < -0.4 is 11.5 Å². The molecule has 0 fully saturated rings. The van der Waals surface area contributed by atoms with Crippen LogP contribution in [-0.4, -0.2) is 11.8 Å². The minimum absolute atomic E-state index is 0.433. The van der Waals surface area contributed by atoms with Crippen LogP contribution in [-0.2, 0) is 6.42 Å². The van der Waals surface area contributed by atoms with Gasteiger partial charge < -0.3 is 11.5 Å². The van der Waals surface area contributed by atoms with Gasteiger partial charge in [-0.1, -0.05) is 84.9 Å². The molecule has 0 heterocycles. The average Bonchev–Trinajstić information content (AvgIpc) is 2.80. The predicted octanol–water partition coefficient (Wildman–Crippen LogP) is 4.81. The van der Waals surface area contributed by atoms with Crippen LogP contribution in [0.25, 0.3) is 22.3 Å². The van der Waals surface area contributed by atoms with Gasteiger partial charge in [0, 0.05) is 11.1 Å². The molecule has 31 heavy (non-hydrogen) atoms. The third-order valence-corrected chi connectivity index (χ3v) is 5.32. The summed E-state index contributed by atoms with van der Waals surface area (Å²) < 4.78 is 0. The minimum Gasteiger partial charge on any atom is -0.366 e. The molecule has 152 valence electrons. The Morgan fingerprint density at radius 3 is 1.23 bits per heavy atom. The summed E-state index contributed by atoms with van der Waals surface area (Å²) in [7, 11) is 0. The van der Waals surface area contributed by atoms with E-state index in [0.717, 1.165) is 39.8 Å². The van der Waals surface area contributed by atoms with E-state index in [1.807, 2.05) is 60.7 Å². The predicted molar refractivity (Wildman–Crippen MR) is 124 cm³/mol. The maximum Gasteiger partial charge on any atom is 0.249 e. The zero-order chi connectivity index (χ0) is 21.8. The second-order valence-corrected chi connectivity index (χ2v) is 7.39. The Morgan fingerprint density at radius 1 is 0.516 bits per heavy atom. The van der Waals surface area contributed by atoms with Crippen molar-refractivity contribution in [3.63, 3.8) is 0 Å². The third-order valence-electron chi connectivity index (χ3n) is 5.32. The van der Waals surface area contributed by atoms with Gasteiger partial charge in [0.1, 0.15) is 0 Å². The molecular formula is C27H22N2O2. The van der Waals surface area contributed by atoms with Crippen molar-refractivity contribution in [1.29, 1.82) is 0 Å². The molecule has 0 radical (unpaired) electrons. The second-order valence-electron chi connectivity index (χ2n) is 7.39. The summed E-state index contributed by atoms with van der Waals surface area (Å²) in [6, 6.07) is 31.0. The highest BCUT2D eigenvalue weighted by Gasteiger charge is 2.10. The van der Waals surface area contributed by atoms with Gasteiger partial charge in [0.05, 0.1) is 0 Å². The van der Waals surface area contributed by atoms with Crippen LogP contribution in [0.2, 0.25) is 0 Å². The number of nitrogens with two attached hydrogens (primary N) is 2. The molecule has 0 saturated heterocycles. The number of amides is 2. The maximum atomic E-state index is 11.7. The summed E-state index contributed by atoms with van der Waals surface area (Å²) in [6.45, 7) is 0. The Bertz CT molecular complexity index is 1140. The quantitative estimate of drug-likeness (QED) is 0.481. The zero-order valence-electron chi connectivity index (χ0n) is 16.9. The van der Waals surface area contributed by atoms with Gasteiger partial charge in [-0.25, -0.2) is 0 Å². The van der Waals surface area contributed by atoms with E-state index in [-0.39, 0.29) is 0 Å². The summed E-state index contributed by atoms with van der Waals surface area (Å²) in [6.07, 6.45) is 0.773. The number of rotatable bonds is 6. The number of carbonyl (C=O) groups is 2. The lowest BCUT2D eigenvalue weighted by Gasteiger charge is -2.10. The molecule has 0 bridgehead atoms. The highest BCUT2D eigenvalue weighted by atomic mass is 16.1. The molecule has 4 heteroatoms. The monoisotopic (exact) mass is 406 g/mol. The lowest BCUT2D eigenvalue weighted by molar-refractivity contribution is 0.0992. The topological polar surface area (TPSA) is 86.2 Å². The fraction of sp³-hybridized carbons (Fsp3) is 0.0370. The average molecular weight is 406 g/mol. The molecule has 4 aromatic carbocycles. The van der Waals surface area contributed by atoms with Crippen molar-refractivity contribution < 1.29 is 9.59 Å². The first kappa shape index (κ1) is 20.1. The smallest absolute Gasteiger partial charge is 0.249 e. The van der Waals surface area contributed by atoms with E-state index >= 15 is 0 Å². The van der Waals surface area contributed by atoms with E-state index in [1.165, 1.54) is 0 Å². The van der Waals surface area contributed by atoms with Gasteiger partial charge in [-0.05, 0) is 51.9 Å². The summed E-state index contributed by atoms with van der Waals surface area (Å²) in [5.74, 6) is -0.865. The molecule has 0 unspecified atom stereocenters. The molecule has 0 aliphatic rings. The minimum atomic E-state index is -0.433. The Hall–Kier alpha value is -4.18. The van der Waals surface area contributed by atoms with Crippen molar-refractivity contribution >= 4 is 11.8 Å². The molecular weight excluding hydrogens is 384 g/mol. The first-order valence-corrected chi connectivity index (χ1v) is 9.99. The summed E-state index contributed by atoms with van der Waals surface area (Å²) in [5.41, 5.74) is 17.9. The van der Waals surface area contributed by atoms with E-state index in [2.05, 4.69) is 24.3 Å². The van der Waals surface area contributed by atoms with Crippen LogP contribution in [0.5, 0.6) is 0 Å². The van der Waals surface area contributed by atoms with Crippen molar-refractivity contribution in [1.82, 2.24) is 0 Å². The number of hydrogen-bond acceptors (Lipinski definition) is 2. The molecule has 4 aromatic rings. The lowest BCUT2D eigenvalue weighted by atomic mass is 9.95. The lowest BCUT2D eigenvalue weighted by Crippen LogP contribution is -2.12. The van der Waals surface area contributed by atoms with E-state index in [0.29, 0.717) is 11.1 Å². The third kappa shape index (κ3) is 4.38. The zero-order valence-corrected chi connectivity index (χ0v) is 16.9. The maximum absolute atomic E-state index is 11.7. The van der Waals surface area contributed by atoms with Crippen LogP contribution in [0.4, 0.5) is 0 Å². The number of primary amides is 2. The van der Waals surface area contributed by atoms with Gasteiger partial charge in [0.15, 0.2) is 0 Å². The van der Waals surface area contributed by atoms with Gasteiger partial charge in [0.25, 0.3) is 0 Å². The molecule has 0 spiro atoms. The number of hydrogen-bond donors (Lipinski definition) is 2. The summed E-state index contributed by atoms with van der Waals surface area (Å²) in [5, 5.41) is 0.